The molecule has 16 heteroatoms. The van der Waals surface area contributed by atoms with E-state index in [1.165, 1.54) is 68.2 Å². The van der Waals surface area contributed by atoms with Crippen LogP contribution in [0.2, 0.25) is 0 Å². The minimum atomic E-state index is -0.829. The van der Waals surface area contributed by atoms with Crippen LogP contribution < -0.4 is 30.0 Å². The zero-order valence-corrected chi connectivity index (χ0v) is 34.2. The highest BCUT2D eigenvalue weighted by molar-refractivity contribution is 6.04. The summed E-state index contributed by atoms with van der Waals surface area (Å²) in [4.78, 5) is 66.7. The molecule has 2 heterocycles. The third-order valence-electron chi connectivity index (χ3n) is 9.00. The number of hydrogen-bond acceptors (Lipinski definition) is 13. The van der Waals surface area contributed by atoms with Gasteiger partial charge in [-0.1, -0.05) is 37.0 Å². The average molecular weight is 817 g/mol. The topological polar surface area (TPSA) is 194 Å². The Morgan fingerprint density at radius 1 is 0.746 bits per heavy atom. The first kappa shape index (κ1) is 45.0. The second kappa shape index (κ2) is 21.7. The first-order valence-electron chi connectivity index (χ1n) is 18.9. The van der Waals surface area contributed by atoms with Crippen LogP contribution in [0.1, 0.15) is 67.7 Å². The smallest absolute Gasteiger partial charge is 0.411 e. The van der Waals surface area contributed by atoms with E-state index >= 15 is 0 Å². The van der Waals surface area contributed by atoms with Crippen molar-refractivity contribution in [2.75, 3.05) is 58.3 Å². The fourth-order valence-corrected chi connectivity index (χ4v) is 6.35. The first-order valence-corrected chi connectivity index (χ1v) is 18.9. The molecule has 316 valence electrons. The number of carbonyl (C=O) groups excluding carboxylic acids is 5. The SMILES string of the molecule is C=CCOC(=O)Nc1cc(OCCCOc2cc(N)c(C(=O)N3C=C(/C=C/C)C[C@H]3COC(C)=O)cc2OC)c(OC)cc1C(=O)N1C=C(/C=C/C)C[C@H]1COC(C)=O. The van der Waals surface area contributed by atoms with E-state index in [-0.39, 0.29) is 78.7 Å². The minimum Gasteiger partial charge on any atom is -0.493 e. The Balaban J connectivity index is 1.50. The van der Waals surface area contributed by atoms with Crippen LogP contribution in [0.5, 0.6) is 23.0 Å². The molecule has 59 heavy (non-hydrogen) atoms. The second-order valence-electron chi connectivity index (χ2n) is 13.4. The van der Waals surface area contributed by atoms with Gasteiger partial charge in [-0.05, 0) is 50.0 Å². The molecule has 3 amide bonds. The Labute approximate surface area is 343 Å². The number of ether oxygens (including phenoxy) is 7. The zero-order chi connectivity index (χ0) is 43.1. The predicted octanol–water partition coefficient (Wildman–Crippen LogP) is 6.34. The monoisotopic (exact) mass is 816 g/mol. The van der Waals surface area contributed by atoms with Crippen LogP contribution in [0.3, 0.4) is 0 Å². The number of nitrogens with one attached hydrogen (secondary N) is 1. The van der Waals surface area contributed by atoms with E-state index in [0.29, 0.717) is 25.0 Å². The molecule has 0 bridgehead atoms. The molecule has 16 nitrogen and oxygen atoms in total. The number of hydrogen-bond donors (Lipinski definition) is 2. The molecule has 0 aliphatic carbocycles. The van der Waals surface area contributed by atoms with Gasteiger partial charge in [0.1, 0.15) is 19.8 Å². The van der Waals surface area contributed by atoms with Gasteiger partial charge >= 0.3 is 18.0 Å². The normalized spacial score (nSPS) is 16.0. The molecule has 0 saturated carbocycles. The maximum Gasteiger partial charge on any atom is 0.411 e. The lowest BCUT2D eigenvalue weighted by Gasteiger charge is -2.25. The van der Waals surface area contributed by atoms with Crippen molar-refractivity contribution in [1.82, 2.24) is 9.80 Å². The Kier molecular flexibility index (Phi) is 16.6. The van der Waals surface area contributed by atoms with E-state index in [1.807, 2.05) is 38.2 Å². The number of benzene rings is 2. The highest BCUT2D eigenvalue weighted by Crippen LogP contribution is 2.37. The van der Waals surface area contributed by atoms with Gasteiger partial charge < -0.3 is 48.7 Å². The van der Waals surface area contributed by atoms with Gasteiger partial charge in [-0.15, -0.1) is 0 Å². The van der Waals surface area contributed by atoms with Gasteiger partial charge in [0, 0.05) is 50.5 Å². The van der Waals surface area contributed by atoms with E-state index in [9.17, 15) is 24.0 Å². The summed E-state index contributed by atoms with van der Waals surface area (Å²) < 4.78 is 38.8. The van der Waals surface area contributed by atoms with E-state index in [0.717, 1.165) is 11.1 Å². The van der Waals surface area contributed by atoms with Crippen molar-refractivity contribution in [2.24, 2.45) is 0 Å². The van der Waals surface area contributed by atoms with Gasteiger partial charge in [-0.3, -0.25) is 24.5 Å². The molecular weight excluding hydrogens is 764 g/mol. The van der Waals surface area contributed by atoms with Crippen molar-refractivity contribution >= 4 is 41.2 Å². The Morgan fingerprint density at radius 3 is 1.71 bits per heavy atom. The van der Waals surface area contributed by atoms with Gasteiger partial charge in [0.05, 0.1) is 56.3 Å². The van der Waals surface area contributed by atoms with Crippen molar-refractivity contribution in [3.63, 3.8) is 0 Å². The molecule has 2 atom stereocenters. The van der Waals surface area contributed by atoms with Crippen LogP contribution >= 0.6 is 0 Å². The van der Waals surface area contributed by atoms with E-state index in [1.54, 1.807) is 12.4 Å². The number of methoxy groups -OCH3 is 2. The molecule has 0 radical (unpaired) electrons. The van der Waals surface area contributed by atoms with Crippen molar-refractivity contribution in [1.29, 1.82) is 0 Å². The van der Waals surface area contributed by atoms with Crippen LogP contribution in [0.4, 0.5) is 16.2 Å². The highest BCUT2D eigenvalue weighted by Gasteiger charge is 2.34. The second-order valence-corrected chi connectivity index (χ2v) is 13.4. The molecule has 0 unspecified atom stereocenters. The maximum absolute atomic E-state index is 14.1. The summed E-state index contributed by atoms with van der Waals surface area (Å²) in [5, 5.41) is 2.62. The first-order chi connectivity index (χ1) is 28.3. The number of rotatable bonds is 19. The van der Waals surface area contributed by atoms with Crippen LogP contribution in [0, 0.1) is 0 Å². The van der Waals surface area contributed by atoms with Gasteiger partial charge in [-0.2, -0.15) is 0 Å². The summed E-state index contributed by atoms with van der Waals surface area (Å²) in [5.41, 5.74) is 8.64. The number of esters is 2. The lowest BCUT2D eigenvalue weighted by atomic mass is 10.1. The summed E-state index contributed by atoms with van der Waals surface area (Å²) in [7, 11) is 2.86. The number of carbonyl (C=O) groups is 5. The van der Waals surface area contributed by atoms with Crippen molar-refractivity contribution in [3.8, 4) is 23.0 Å². The van der Waals surface area contributed by atoms with Crippen molar-refractivity contribution < 1.29 is 57.1 Å². The van der Waals surface area contributed by atoms with Gasteiger partial charge in [-0.25, -0.2) is 4.79 Å². The van der Waals surface area contributed by atoms with Crippen molar-refractivity contribution in [3.05, 3.63) is 95.9 Å². The summed E-state index contributed by atoms with van der Waals surface area (Å²) in [6.45, 7) is 10.1. The Bertz CT molecular complexity index is 2020. The predicted molar refractivity (Wildman–Crippen MR) is 219 cm³/mol. The molecule has 0 saturated heterocycles. The molecule has 0 fully saturated rings. The number of nitrogens with zero attached hydrogens (tertiary/aromatic N) is 2. The fraction of sp³-hybridized carbons (Fsp3) is 0.372. The quantitative estimate of drug-likeness (QED) is 0.0525. The van der Waals surface area contributed by atoms with E-state index in [4.69, 9.17) is 38.9 Å². The Hall–Kier alpha value is -6.71. The van der Waals surface area contributed by atoms with Crippen LogP contribution in [-0.2, 0) is 23.8 Å². The summed E-state index contributed by atoms with van der Waals surface area (Å²) >= 11 is 0. The summed E-state index contributed by atoms with van der Waals surface area (Å²) in [5.74, 6) is -0.794. The lowest BCUT2D eigenvalue weighted by Crippen LogP contribution is -2.37. The molecule has 0 spiro atoms. The molecule has 2 aliphatic rings. The fourth-order valence-electron chi connectivity index (χ4n) is 6.35. The number of nitrogens with two attached hydrogens (primary N) is 1. The number of amides is 3. The molecule has 0 aromatic heterocycles. The highest BCUT2D eigenvalue weighted by atomic mass is 16.6. The number of anilines is 2. The van der Waals surface area contributed by atoms with Gasteiger partial charge in [0.25, 0.3) is 11.8 Å². The number of allylic oxidation sites excluding steroid dienone is 4. The number of nitrogen functional groups attached to an aromatic ring is 1. The maximum atomic E-state index is 14.1. The average Bonchev–Trinajstić information content (AvgIpc) is 3.81. The van der Waals surface area contributed by atoms with Crippen LogP contribution in [0.25, 0.3) is 0 Å². The standard InChI is InChI=1S/C43H52N4O12/c1-8-12-29-17-31(25-58-27(4)48)46(23-29)41(50)33-19-37(53-6)39(21-35(33)44)55-15-11-16-56-40-22-36(45-43(52)57-14-10-3)34(20-38(40)54-7)42(51)47-24-30(13-9-2)18-32(47)26-59-28(5)49/h8-10,12-13,19-24,31-32H,3,11,14-18,25-26,44H2,1-2,4-7H3,(H,45,52)/b12-8+,13-9+/t31-,32-/m0/s1. The van der Waals surface area contributed by atoms with Gasteiger partial charge in [0.15, 0.2) is 23.0 Å². The molecule has 2 aliphatic heterocycles. The molecular formula is C43H52N4O12. The molecule has 3 N–H and O–H groups in total. The van der Waals surface area contributed by atoms with E-state index in [2.05, 4.69) is 11.9 Å². The largest absolute Gasteiger partial charge is 0.493 e. The third kappa shape index (κ3) is 12.1. The Morgan fingerprint density at radius 2 is 1.24 bits per heavy atom. The van der Waals surface area contributed by atoms with Crippen LogP contribution in [0.15, 0.2) is 84.8 Å². The molecule has 2 aromatic carbocycles. The molecule has 2 aromatic rings. The summed E-state index contributed by atoms with van der Waals surface area (Å²) in [6.07, 6.45) is 12.7. The van der Waals surface area contributed by atoms with Crippen molar-refractivity contribution in [2.45, 2.75) is 59.0 Å². The third-order valence-corrected chi connectivity index (χ3v) is 9.00. The summed E-state index contributed by atoms with van der Waals surface area (Å²) in [6, 6.07) is 5.04. The van der Waals surface area contributed by atoms with E-state index < -0.39 is 36.0 Å². The zero-order valence-electron chi connectivity index (χ0n) is 34.2. The van der Waals surface area contributed by atoms with Crippen LogP contribution in [-0.4, -0.2) is 99.0 Å². The van der Waals surface area contributed by atoms with Gasteiger partial charge in [0.2, 0.25) is 0 Å². The minimum absolute atomic E-state index is 0.0285. The lowest BCUT2D eigenvalue weighted by molar-refractivity contribution is -0.143. The molecule has 4 rings (SSSR count).